The topological polar surface area (TPSA) is 70.2 Å². The number of nitrogens with one attached hydrogen (secondary N) is 3. The van der Waals surface area contributed by atoms with Gasteiger partial charge in [-0.15, -0.1) is 11.3 Å². The Morgan fingerprint density at radius 3 is 2.54 bits per heavy atom. The van der Waals surface area contributed by atoms with E-state index >= 15 is 0 Å². The lowest BCUT2D eigenvalue weighted by Crippen LogP contribution is -2.33. The van der Waals surface area contributed by atoms with E-state index in [2.05, 4.69) is 16.0 Å². The molecule has 1 fully saturated rings. The van der Waals surface area contributed by atoms with Crippen LogP contribution in [0.25, 0.3) is 6.08 Å². The van der Waals surface area contributed by atoms with Gasteiger partial charge in [-0.3, -0.25) is 14.9 Å². The van der Waals surface area contributed by atoms with Crippen molar-refractivity contribution in [2.75, 3.05) is 10.6 Å². The Hall–Kier alpha value is -2.51. The van der Waals surface area contributed by atoms with E-state index in [-0.39, 0.29) is 22.8 Å². The summed E-state index contributed by atoms with van der Waals surface area (Å²) < 4.78 is 0. The van der Waals surface area contributed by atoms with Crippen LogP contribution in [0.2, 0.25) is 0 Å². The summed E-state index contributed by atoms with van der Waals surface area (Å²) in [7, 11) is 0. The first-order valence-electron chi connectivity index (χ1n) is 8.27. The van der Waals surface area contributed by atoms with Crippen LogP contribution in [0.3, 0.4) is 0 Å². The summed E-state index contributed by atoms with van der Waals surface area (Å²) in [5.41, 5.74) is 2.36. The van der Waals surface area contributed by atoms with E-state index in [1.807, 2.05) is 42.6 Å². The molecule has 26 heavy (non-hydrogen) atoms. The minimum Gasteiger partial charge on any atom is -0.332 e. The summed E-state index contributed by atoms with van der Waals surface area (Å²) in [5.74, 6) is -0.104. The fourth-order valence-electron chi connectivity index (χ4n) is 2.34. The molecule has 0 atom stereocenters. The van der Waals surface area contributed by atoms with Crippen LogP contribution >= 0.6 is 23.6 Å². The number of amides is 2. The van der Waals surface area contributed by atoms with E-state index in [4.69, 9.17) is 12.2 Å². The number of hydrogen-bond donors (Lipinski definition) is 3. The molecule has 0 aliphatic heterocycles. The Bertz CT molecular complexity index is 856. The van der Waals surface area contributed by atoms with E-state index in [1.54, 1.807) is 17.4 Å². The first kappa shape index (κ1) is 18.3. The number of carbonyl (C=O) groups excluding carboxylic acids is 2. The fraction of sp³-hybridized carbons (Fsp3) is 0.211. The lowest BCUT2D eigenvalue weighted by Gasteiger charge is -2.14. The maximum absolute atomic E-state index is 12.0. The maximum atomic E-state index is 12.0. The zero-order chi connectivity index (χ0) is 18.5. The minimum atomic E-state index is -0.299. The second-order valence-corrected chi connectivity index (χ2v) is 7.42. The number of carbonyl (C=O) groups is 2. The van der Waals surface area contributed by atoms with E-state index in [1.165, 1.54) is 6.08 Å². The largest absolute Gasteiger partial charge is 0.332 e. The second-order valence-electron chi connectivity index (χ2n) is 6.03. The average Bonchev–Trinajstić information content (AvgIpc) is 3.33. The highest BCUT2D eigenvalue weighted by atomic mass is 32.1. The molecule has 0 spiro atoms. The fourth-order valence-corrected chi connectivity index (χ4v) is 3.17. The van der Waals surface area contributed by atoms with Crippen LogP contribution in [0.5, 0.6) is 0 Å². The van der Waals surface area contributed by atoms with Gasteiger partial charge < -0.3 is 10.6 Å². The Balaban J connectivity index is 1.58. The van der Waals surface area contributed by atoms with Crippen LogP contribution in [0, 0.1) is 12.8 Å². The van der Waals surface area contributed by atoms with E-state index in [0.29, 0.717) is 0 Å². The number of thiocarbonyl (C=S) groups is 1. The third kappa shape index (κ3) is 5.00. The standard InChI is InChI=1S/C19H19N3O2S2/c1-12-15(20-18(24)13-7-8-13)5-2-6-16(12)21-19(25)22-17(23)10-9-14-4-3-11-26-14/h2-6,9-11,13H,7-8H2,1H3,(H,20,24)(H2,21,22,23,25)/b10-9+. The van der Waals surface area contributed by atoms with Gasteiger partial charge in [-0.1, -0.05) is 12.1 Å². The van der Waals surface area contributed by atoms with Gasteiger partial charge in [-0.25, -0.2) is 0 Å². The predicted molar refractivity (Wildman–Crippen MR) is 110 cm³/mol. The first-order valence-corrected chi connectivity index (χ1v) is 9.56. The summed E-state index contributed by atoms with van der Waals surface area (Å²) >= 11 is 6.76. The highest BCUT2D eigenvalue weighted by Crippen LogP contribution is 2.31. The molecule has 0 radical (unpaired) electrons. The van der Waals surface area contributed by atoms with Crippen molar-refractivity contribution in [1.29, 1.82) is 0 Å². The van der Waals surface area contributed by atoms with Gasteiger partial charge in [0.1, 0.15) is 0 Å². The van der Waals surface area contributed by atoms with E-state index in [0.717, 1.165) is 34.7 Å². The quantitative estimate of drug-likeness (QED) is 0.539. The van der Waals surface area contributed by atoms with Crippen LogP contribution in [-0.4, -0.2) is 16.9 Å². The number of rotatable bonds is 5. The number of hydrogen-bond acceptors (Lipinski definition) is 4. The predicted octanol–water partition coefficient (Wildman–Crippen LogP) is 3.93. The van der Waals surface area contributed by atoms with Gasteiger partial charge in [0, 0.05) is 28.2 Å². The molecule has 0 bridgehead atoms. The van der Waals surface area contributed by atoms with Crippen molar-refractivity contribution >= 4 is 57.9 Å². The molecule has 2 aromatic rings. The van der Waals surface area contributed by atoms with Crippen molar-refractivity contribution in [2.45, 2.75) is 19.8 Å². The molecule has 7 heteroatoms. The molecule has 1 saturated carbocycles. The molecule has 3 rings (SSSR count). The van der Waals surface area contributed by atoms with Crippen LogP contribution < -0.4 is 16.0 Å². The van der Waals surface area contributed by atoms with Gasteiger partial charge in [0.15, 0.2) is 5.11 Å². The molecule has 1 heterocycles. The lowest BCUT2D eigenvalue weighted by atomic mass is 10.1. The van der Waals surface area contributed by atoms with E-state index < -0.39 is 0 Å². The summed E-state index contributed by atoms with van der Waals surface area (Å²) in [6.07, 6.45) is 5.09. The molecule has 5 nitrogen and oxygen atoms in total. The van der Waals surface area contributed by atoms with Crippen molar-refractivity contribution < 1.29 is 9.59 Å². The molecule has 1 aliphatic rings. The third-order valence-corrected chi connectivity index (χ3v) is 5.01. The molecular formula is C19H19N3O2S2. The molecule has 0 unspecified atom stereocenters. The van der Waals surface area contributed by atoms with Gasteiger partial charge >= 0.3 is 0 Å². The minimum absolute atomic E-state index is 0.0554. The van der Waals surface area contributed by atoms with Gasteiger partial charge in [0.2, 0.25) is 11.8 Å². The normalized spacial score (nSPS) is 13.4. The highest BCUT2D eigenvalue weighted by molar-refractivity contribution is 7.80. The van der Waals surface area contributed by atoms with Gasteiger partial charge in [0.25, 0.3) is 0 Å². The van der Waals surface area contributed by atoms with Crippen LogP contribution in [0.15, 0.2) is 41.8 Å². The molecule has 1 aromatic carbocycles. The SMILES string of the molecule is Cc1c(NC(=O)C2CC2)cccc1NC(=S)NC(=O)/C=C/c1cccs1. The zero-order valence-corrected chi connectivity index (χ0v) is 15.9. The summed E-state index contributed by atoms with van der Waals surface area (Å²) in [6, 6.07) is 9.38. The van der Waals surface area contributed by atoms with Crippen molar-refractivity contribution in [3.63, 3.8) is 0 Å². The highest BCUT2D eigenvalue weighted by Gasteiger charge is 2.29. The lowest BCUT2D eigenvalue weighted by molar-refractivity contribution is -0.117. The molecule has 1 aliphatic carbocycles. The van der Waals surface area contributed by atoms with Gasteiger partial charge in [-0.05, 0) is 67.2 Å². The molecular weight excluding hydrogens is 366 g/mol. The van der Waals surface area contributed by atoms with Crippen molar-refractivity contribution in [2.24, 2.45) is 5.92 Å². The van der Waals surface area contributed by atoms with Crippen molar-refractivity contribution in [1.82, 2.24) is 5.32 Å². The molecule has 2 amide bonds. The Morgan fingerprint density at radius 1 is 1.15 bits per heavy atom. The Labute approximate surface area is 161 Å². The molecule has 134 valence electrons. The Morgan fingerprint density at radius 2 is 1.88 bits per heavy atom. The summed E-state index contributed by atoms with van der Waals surface area (Å²) in [4.78, 5) is 24.9. The van der Waals surface area contributed by atoms with Crippen molar-refractivity contribution in [3.05, 3.63) is 52.2 Å². The maximum Gasteiger partial charge on any atom is 0.250 e. The summed E-state index contributed by atoms with van der Waals surface area (Å²) in [5, 5.41) is 10.7. The number of anilines is 2. The second kappa shape index (κ2) is 8.25. The van der Waals surface area contributed by atoms with Gasteiger partial charge in [0.05, 0.1) is 0 Å². The summed E-state index contributed by atoms with van der Waals surface area (Å²) in [6.45, 7) is 1.89. The molecule has 1 aromatic heterocycles. The first-order chi connectivity index (χ1) is 12.5. The monoisotopic (exact) mass is 385 g/mol. The third-order valence-electron chi connectivity index (χ3n) is 3.97. The smallest absolute Gasteiger partial charge is 0.250 e. The Kier molecular flexibility index (Phi) is 5.80. The molecule has 0 saturated heterocycles. The van der Waals surface area contributed by atoms with Crippen LogP contribution in [0.1, 0.15) is 23.3 Å². The zero-order valence-electron chi connectivity index (χ0n) is 14.2. The van der Waals surface area contributed by atoms with Crippen LogP contribution in [-0.2, 0) is 9.59 Å². The van der Waals surface area contributed by atoms with Gasteiger partial charge in [-0.2, -0.15) is 0 Å². The van der Waals surface area contributed by atoms with E-state index in [9.17, 15) is 9.59 Å². The van der Waals surface area contributed by atoms with Crippen molar-refractivity contribution in [3.8, 4) is 0 Å². The van der Waals surface area contributed by atoms with Crippen LogP contribution in [0.4, 0.5) is 11.4 Å². The number of benzene rings is 1. The molecule has 3 N–H and O–H groups in total. The number of thiophene rings is 1. The average molecular weight is 386 g/mol.